The molecule has 2 amide bonds. The van der Waals surface area contributed by atoms with E-state index in [1.807, 2.05) is 0 Å². The summed E-state index contributed by atoms with van der Waals surface area (Å²) in [4.78, 5) is 34.3. The SMILES string of the molecule is O=C(O)C[C@H](NC(=O)N1CCC(O)CC1)C(=O)O. The monoisotopic (exact) mass is 260 g/mol. The summed E-state index contributed by atoms with van der Waals surface area (Å²) in [5.74, 6) is -2.68. The van der Waals surface area contributed by atoms with E-state index in [-0.39, 0.29) is 0 Å². The van der Waals surface area contributed by atoms with Crippen molar-refractivity contribution in [1.82, 2.24) is 10.2 Å². The van der Waals surface area contributed by atoms with Gasteiger partial charge in [-0.05, 0) is 12.8 Å². The van der Waals surface area contributed by atoms with Gasteiger partial charge in [0.15, 0.2) is 0 Å². The topological polar surface area (TPSA) is 127 Å². The zero-order chi connectivity index (χ0) is 13.7. The lowest BCUT2D eigenvalue weighted by molar-refractivity contribution is -0.145. The minimum absolute atomic E-state index is 0.326. The lowest BCUT2D eigenvalue weighted by Gasteiger charge is -2.30. The van der Waals surface area contributed by atoms with Crippen LogP contribution in [0.15, 0.2) is 0 Å². The first-order valence-electron chi connectivity index (χ1n) is 5.58. The predicted octanol–water partition coefficient (Wildman–Crippen LogP) is -0.919. The number of carbonyl (C=O) groups is 3. The number of aliphatic hydroxyl groups excluding tert-OH is 1. The Labute approximate surface area is 103 Å². The molecule has 8 heteroatoms. The van der Waals surface area contributed by atoms with Crippen LogP contribution in [0.3, 0.4) is 0 Å². The number of hydrogen-bond acceptors (Lipinski definition) is 4. The number of amides is 2. The largest absolute Gasteiger partial charge is 0.481 e. The fourth-order valence-corrected chi connectivity index (χ4v) is 1.68. The smallest absolute Gasteiger partial charge is 0.326 e. The second kappa shape index (κ2) is 6.20. The molecule has 1 aliphatic rings. The molecular weight excluding hydrogens is 244 g/mol. The number of carboxylic acids is 2. The molecule has 4 N–H and O–H groups in total. The van der Waals surface area contributed by atoms with Gasteiger partial charge in [0, 0.05) is 13.1 Å². The molecule has 1 rings (SSSR count). The van der Waals surface area contributed by atoms with Gasteiger partial charge in [0.1, 0.15) is 6.04 Å². The Morgan fingerprint density at radius 3 is 2.22 bits per heavy atom. The summed E-state index contributed by atoms with van der Waals surface area (Å²) >= 11 is 0. The highest BCUT2D eigenvalue weighted by atomic mass is 16.4. The summed E-state index contributed by atoms with van der Waals surface area (Å²) in [6.07, 6.45) is -0.241. The number of aliphatic hydroxyl groups is 1. The van der Waals surface area contributed by atoms with E-state index in [0.717, 1.165) is 0 Å². The first-order valence-corrected chi connectivity index (χ1v) is 5.58. The average Bonchev–Trinajstić information content (AvgIpc) is 2.28. The van der Waals surface area contributed by atoms with Crippen molar-refractivity contribution in [3.05, 3.63) is 0 Å². The standard InChI is InChI=1S/C10H16N2O6/c13-6-1-3-12(4-2-6)10(18)11-7(9(16)17)5-8(14)15/h6-7,13H,1-5H2,(H,11,18)(H,14,15)(H,16,17)/t7-/m0/s1. The Kier molecular flexibility index (Phi) is 4.90. The number of piperidine rings is 1. The van der Waals surface area contributed by atoms with Crippen LogP contribution in [-0.4, -0.2) is 63.4 Å². The summed E-state index contributed by atoms with van der Waals surface area (Å²) < 4.78 is 0. The molecule has 1 saturated heterocycles. The fraction of sp³-hybridized carbons (Fsp3) is 0.700. The van der Waals surface area contributed by atoms with Gasteiger partial charge in [0.05, 0.1) is 12.5 Å². The van der Waals surface area contributed by atoms with E-state index in [2.05, 4.69) is 5.32 Å². The molecule has 0 bridgehead atoms. The van der Waals surface area contributed by atoms with Gasteiger partial charge < -0.3 is 25.5 Å². The number of urea groups is 1. The van der Waals surface area contributed by atoms with Crippen LogP contribution in [0.1, 0.15) is 19.3 Å². The molecule has 0 spiro atoms. The van der Waals surface area contributed by atoms with E-state index in [0.29, 0.717) is 25.9 Å². The zero-order valence-corrected chi connectivity index (χ0v) is 9.70. The minimum Gasteiger partial charge on any atom is -0.481 e. The van der Waals surface area contributed by atoms with Crippen LogP contribution in [-0.2, 0) is 9.59 Å². The highest BCUT2D eigenvalue weighted by Gasteiger charge is 2.27. The third-order valence-corrected chi connectivity index (χ3v) is 2.73. The van der Waals surface area contributed by atoms with E-state index in [4.69, 9.17) is 10.2 Å². The maximum Gasteiger partial charge on any atom is 0.326 e. The van der Waals surface area contributed by atoms with Crippen molar-refractivity contribution >= 4 is 18.0 Å². The number of nitrogens with zero attached hydrogens (tertiary/aromatic N) is 1. The van der Waals surface area contributed by atoms with Crippen molar-refractivity contribution in [3.63, 3.8) is 0 Å². The molecule has 0 aliphatic carbocycles. The third-order valence-electron chi connectivity index (χ3n) is 2.73. The Morgan fingerprint density at radius 1 is 1.22 bits per heavy atom. The van der Waals surface area contributed by atoms with Crippen LogP contribution in [0, 0.1) is 0 Å². The molecule has 1 fully saturated rings. The zero-order valence-electron chi connectivity index (χ0n) is 9.70. The summed E-state index contributed by atoms with van der Waals surface area (Å²) in [5, 5.41) is 28.7. The predicted molar refractivity (Wildman–Crippen MR) is 59.0 cm³/mol. The van der Waals surface area contributed by atoms with Crippen molar-refractivity contribution in [2.24, 2.45) is 0 Å². The fourth-order valence-electron chi connectivity index (χ4n) is 1.68. The summed E-state index contributed by atoms with van der Waals surface area (Å²) in [7, 11) is 0. The number of carboxylic acid groups (broad SMARTS) is 2. The van der Waals surface area contributed by atoms with Crippen molar-refractivity contribution in [1.29, 1.82) is 0 Å². The van der Waals surface area contributed by atoms with E-state index in [1.54, 1.807) is 0 Å². The van der Waals surface area contributed by atoms with Gasteiger partial charge in [-0.3, -0.25) is 4.79 Å². The Morgan fingerprint density at radius 2 is 1.78 bits per heavy atom. The van der Waals surface area contributed by atoms with Gasteiger partial charge in [-0.2, -0.15) is 0 Å². The van der Waals surface area contributed by atoms with Crippen molar-refractivity contribution in [2.45, 2.75) is 31.4 Å². The number of aliphatic carboxylic acids is 2. The maximum absolute atomic E-state index is 11.7. The molecule has 0 aromatic rings. The van der Waals surface area contributed by atoms with Gasteiger partial charge in [0.25, 0.3) is 0 Å². The van der Waals surface area contributed by atoms with E-state index in [9.17, 15) is 19.5 Å². The number of hydrogen-bond donors (Lipinski definition) is 4. The van der Waals surface area contributed by atoms with Crippen LogP contribution in [0.4, 0.5) is 4.79 Å². The minimum atomic E-state index is -1.44. The molecule has 8 nitrogen and oxygen atoms in total. The summed E-state index contributed by atoms with van der Waals surface area (Å²) in [6.45, 7) is 0.652. The third kappa shape index (κ3) is 4.21. The number of rotatable bonds is 4. The maximum atomic E-state index is 11.7. The molecule has 18 heavy (non-hydrogen) atoms. The molecule has 102 valence electrons. The molecule has 0 saturated carbocycles. The summed E-state index contributed by atoms with van der Waals surface area (Å²) in [6, 6.07) is -2.06. The van der Waals surface area contributed by atoms with Crippen molar-refractivity contribution in [2.75, 3.05) is 13.1 Å². The van der Waals surface area contributed by atoms with Gasteiger partial charge in [-0.1, -0.05) is 0 Å². The second-order valence-electron chi connectivity index (χ2n) is 4.16. The lowest BCUT2D eigenvalue weighted by Crippen LogP contribution is -2.51. The molecule has 1 aliphatic heterocycles. The summed E-state index contributed by atoms with van der Waals surface area (Å²) in [5.41, 5.74) is 0. The normalized spacial score (nSPS) is 18.2. The van der Waals surface area contributed by atoms with E-state index in [1.165, 1.54) is 4.90 Å². The van der Waals surface area contributed by atoms with Gasteiger partial charge in [0.2, 0.25) is 0 Å². The molecule has 0 aromatic heterocycles. The van der Waals surface area contributed by atoms with Crippen LogP contribution >= 0.6 is 0 Å². The van der Waals surface area contributed by atoms with Crippen LogP contribution in [0.2, 0.25) is 0 Å². The molecular formula is C10H16N2O6. The van der Waals surface area contributed by atoms with E-state index < -0.39 is 36.5 Å². The van der Waals surface area contributed by atoms with Crippen molar-refractivity contribution < 1.29 is 29.7 Å². The lowest BCUT2D eigenvalue weighted by atomic mass is 10.1. The van der Waals surface area contributed by atoms with E-state index >= 15 is 0 Å². The van der Waals surface area contributed by atoms with Gasteiger partial charge in [-0.15, -0.1) is 0 Å². The molecule has 0 aromatic carbocycles. The van der Waals surface area contributed by atoms with Gasteiger partial charge in [-0.25, -0.2) is 9.59 Å². The van der Waals surface area contributed by atoms with Gasteiger partial charge >= 0.3 is 18.0 Å². The highest BCUT2D eigenvalue weighted by molar-refractivity contribution is 5.86. The van der Waals surface area contributed by atoms with Crippen LogP contribution in [0.25, 0.3) is 0 Å². The highest BCUT2D eigenvalue weighted by Crippen LogP contribution is 2.10. The van der Waals surface area contributed by atoms with Crippen LogP contribution in [0.5, 0.6) is 0 Å². The number of nitrogens with one attached hydrogen (secondary N) is 1. The number of carbonyl (C=O) groups excluding carboxylic acids is 1. The Hall–Kier alpha value is -1.83. The molecule has 0 unspecified atom stereocenters. The Bertz CT molecular complexity index is 337. The first-order chi connectivity index (χ1) is 8.40. The second-order valence-corrected chi connectivity index (χ2v) is 4.16. The molecule has 1 atom stereocenters. The van der Waals surface area contributed by atoms with Crippen LogP contribution < -0.4 is 5.32 Å². The quantitative estimate of drug-likeness (QED) is 0.517. The van der Waals surface area contributed by atoms with Crippen molar-refractivity contribution in [3.8, 4) is 0 Å². The Balaban J connectivity index is 2.50. The number of likely N-dealkylation sites (tertiary alicyclic amines) is 1. The molecule has 0 radical (unpaired) electrons. The molecule has 1 heterocycles. The first kappa shape index (κ1) is 14.2. The average molecular weight is 260 g/mol.